The SMILES string of the molecule is CCNC(=O)c1ccc(NC(=O)CCCOc2cccc(Br)c2)cc1. The molecule has 25 heavy (non-hydrogen) atoms. The molecule has 2 rings (SSSR count). The Balaban J connectivity index is 1.72. The molecule has 132 valence electrons. The minimum atomic E-state index is -0.120. The van der Waals surface area contributed by atoms with E-state index in [-0.39, 0.29) is 11.8 Å². The van der Waals surface area contributed by atoms with E-state index in [2.05, 4.69) is 26.6 Å². The Morgan fingerprint density at radius 2 is 1.88 bits per heavy atom. The van der Waals surface area contributed by atoms with Crippen molar-refractivity contribution < 1.29 is 14.3 Å². The summed E-state index contributed by atoms with van der Waals surface area (Å²) >= 11 is 3.38. The molecular formula is C19H21BrN2O3. The van der Waals surface area contributed by atoms with E-state index in [0.29, 0.717) is 37.2 Å². The monoisotopic (exact) mass is 404 g/mol. The maximum absolute atomic E-state index is 11.9. The summed E-state index contributed by atoms with van der Waals surface area (Å²) in [4.78, 5) is 23.6. The highest BCUT2D eigenvalue weighted by molar-refractivity contribution is 9.10. The van der Waals surface area contributed by atoms with Gasteiger partial charge in [0.05, 0.1) is 6.61 Å². The van der Waals surface area contributed by atoms with Crippen LogP contribution < -0.4 is 15.4 Å². The summed E-state index contributed by atoms with van der Waals surface area (Å²) in [5.41, 5.74) is 1.24. The molecule has 0 unspecified atom stereocenters. The molecule has 0 aliphatic carbocycles. The van der Waals surface area contributed by atoms with Crippen molar-refractivity contribution in [1.82, 2.24) is 5.32 Å². The number of amides is 2. The highest BCUT2D eigenvalue weighted by Gasteiger charge is 2.06. The van der Waals surface area contributed by atoms with Crippen LogP contribution in [0.5, 0.6) is 5.75 Å². The summed E-state index contributed by atoms with van der Waals surface area (Å²) in [6.45, 7) is 2.92. The van der Waals surface area contributed by atoms with Gasteiger partial charge in [0.2, 0.25) is 5.91 Å². The van der Waals surface area contributed by atoms with E-state index in [1.54, 1.807) is 24.3 Å². The summed E-state index contributed by atoms with van der Waals surface area (Å²) in [6, 6.07) is 14.4. The Morgan fingerprint density at radius 1 is 1.12 bits per heavy atom. The molecule has 0 saturated carbocycles. The summed E-state index contributed by atoms with van der Waals surface area (Å²) < 4.78 is 6.56. The molecule has 0 fully saturated rings. The number of anilines is 1. The van der Waals surface area contributed by atoms with Crippen LogP contribution in [0.4, 0.5) is 5.69 Å². The normalized spacial score (nSPS) is 10.2. The molecule has 5 nitrogen and oxygen atoms in total. The second-order valence-electron chi connectivity index (χ2n) is 5.39. The molecule has 0 heterocycles. The lowest BCUT2D eigenvalue weighted by atomic mass is 10.2. The summed E-state index contributed by atoms with van der Waals surface area (Å²) in [5.74, 6) is 0.574. The van der Waals surface area contributed by atoms with Gasteiger partial charge in [-0.3, -0.25) is 9.59 Å². The number of rotatable bonds is 8. The zero-order valence-corrected chi connectivity index (χ0v) is 15.6. The average Bonchev–Trinajstić information content (AvgIpc) is 2.60. The Kier molecular flexibility index (Phi) is 7.47. The van der Waals surface area contributed by atoms with Crippen molar-refractivity contribution in [3.8, 4) is 5.75 Å². The fraction of sp³-hybridized carbons (Fsp3) is 0.263. The van der Waals surface area contributed by atoms with Crippen LogP contribution in [-0.2, 0) is 4.79 Å². The third-order valence-corrected chi connectivity index (χ3v) is 3.87. The average molecular weight is 405 g/mol. The molecular weight excluding hydrogens is 384 g/mol. The van der Waals surface area contributed by atoms with Crippen LogP contribution in [0.3, 0.4) is 0 Å². The molecule has 0 aliphatic heterocycles. The van der Waals surface area contributed by atoms with E-state index in [9.17, 15) is 9.59 Å². The minimum absolute atomic E-state index is 0.0800. The minimum Gasteiger partial charge on any atom is -0.494 e. The van der Waals surface area contributed by atoms with Crippen LogP contribution in [0.25, 0.3) is 0 Å². The Labute approximate surface area is 155 Å². The van der Waals surface area contributed by atoms with Crippen molar-refractivity contribution in [3.63, 3.8) is 0 Å². The first-order valence-corrected chi connectivity index (χ1v) is 8.94. The van der Waals surface area contributed by atoms with Crippen LogP contribution >= 0.6 is 15.9 Å². The number of hydrogen-bond acceptors (Lipinski definition) is 3. The van der Waals surface area contributed by atoms with Gasteiger partial charge in [-0.1, -0.05) is 22.0 Å². The first-order valence-electron chi connectivity index (χ1n) is 8.15. The van der Waals surface area contributed by atoms with Crippen molar-refractivity contribution >= 4 is 33.4 Å². The van der Waals surface area contributed by atoms with Crippen LogP contribution in [-0.4, -0.2) is 25.0 Å². The van der Waals surface area contributed by atoms with Crippen LogP contribution in [0.1, 0.15) is 30.1 Å². The van der Waals surface area contributed by atoms with E-state index in [1.165, 1.54) is 0 Å². The number of nitrogens with one attached hydrogen (secondary N) is 2. The highest BCUT2D eigenvalue weighted by Crippen LogP contribution is 2.18. The molecule has 0 radical (unpaired) electrons. The third-order valence-electron chi connectivity index (χ3n) is 3.38. The highest BCUT2D eigenvalue weighted by atomic mass is 79.9. The van der Waals surface area contributed by atoms with Crippen molar-refractivity contribution in [2.24, 2.45) is 0 Å². The van der Waals surface area contributed by atoms with Crippen molar-refractivity contribution in [1.29, 1.82) is 0 Å². The van der Waals surface area contributed by atoms with E-state index < -0.39 is 0 Å². The van der Waals surface area contributed by atoms with Crippen LogP contribution in [0.2, 0.25) is 0 Å². The number of carbonyl (C=O) groups excluding carboxylic acids is 2. The molecule has 2 N–H and O–H groups in total. The Bertz CT molecular complexity index is 717. The van der Waals surface area contributed by atoms with Gasteiger partial charge in [-0.05, 0) is 55.8 Å². The fourth-order valence-corrected chi connectivity index (χ4v) is 2.55. The third kappa shape index (κ3) is 6.58. The molecule has 2 aromatic carbocycles. The lowest BCUT2D eigenvalue weighted by Crippen LogP contribution is -2.22. The van der Waals surface area contributed by atoms with E-state index in [1.807, 2.05) is 31.2 Å². The number of carbonyl (C=O) groups is 2. The van der Waals surface area contributed by atoms with Gasteiger partial charge in [-0.2, -0.15) is 0 Å². The number of ether oxygens (including phenoxy) is 1. The zero-order chi connectivity index (χ0) is 18.1. The van der Waals surface area contributed by atoms with Gasteiger partial charge in [0.1, 0.15) is 5.75 Å². The van der Waals surface area contributed by atoms with Gasteiger partial charge < -0.3 is 15.4 Å². The van der Waals surface area contributed by atoms with E-state index >= 15 is 0 Å². The Hall–Kier alpha value is -2.34. The second kappa shape index (κ2) is 9.84. The van der Waals surface area contributed by atoms with Gasteiger partial charge in [0.15, 0.2) is 0 Å². The molecule has 0 atom stereocenters. The summed E-state index contributed by atoms with van der Waals surface area (Å²) in [6.07, 6.45) is 0.988. The molecule has 2 aromatic rings. The first-order chi connectivity index (χ1) is 12.1. The number of halogens is 1. The van der Waals surface area contributed by atoms with Gasteiger partial charge in [0, 0.05) is 28.7 Å². The maximum atomic E-state index is 11.9. The predicted molar refractivity (Wildman–Crippen MR) is 102 cm³/mol. The van der Waals surface area contributed by atoms with E-state index in [0.717, 1.165) is 10.2 Å². The standard InChI is InChI=1S/C19H21BrN2O3/c1-2-21-19(24)14-8-10-16(11-9-14)22-18(23)7-4-12-25-17-6-3-5-15(20)13-17/h3,5-6,8-11,13H,2,4,7,12H2,1H3,(H,21,24)(H,22,23). The van der Waals surface area contributed by atoms with Crippen molar-refractivity contribution in [3.05, 3.63) is 58.6 Å². The number of hydrogen-bond donors (Lipinski definition) is 2. The molecule has 6 heteroatoms. The van der Waals surface area contributed by atoms with Gasteiger partial charge in [-0.25, -0.2) is 0 Å². The van der Waals surface area contributed by atoms with Gasteiger partial charge in [0.25, 0.3) is 5.91 Å². The van der Waals surface area contributed by atoms with Crippen molar-refractivity contribution in [2.45, 2.75) is 19.8 Å². The largest absolute Gasteiger partial charge is 0.494 e. The van der Waals surface area contributed by atoms with Crippen molar-refractivity contribution in [2.75, 3.05) is 18.5 Å². The lowest BCUT2D eigenvalue weighted by molar-refractivity contribution is -0.116. The molecule has 2 amide bonds. The van der Waals surface area contributed by atoms with E-state index in [4.69, 9.17) is 4.74 Å². The summed E-state index contributed by atoms with van der Waals surface area (Å²) in [5, 5.41) is 5.54. The smallest absolute Gasteiger partial charge is 0.251 e. The first kappa shape index (κ1) is 19.0. The fourth-order valence-electron chi connectivity index (χ4n) is 2.17. The Morgan fingerprint density at radius 3 is 2.56 bits per heavy atom. The molecule has 0 saturated heterocycles. The topological polar surface area (TPSA) is 67.4 Å². The van der Waals surface area contributed by atoms with Crippen LogP contribution in [0.15, 0.2) is 53.0 Å². The number of benzene rings is 2. The summed E-state index contributed by atoms with van der Waals surface area (Å²) in [7, 11) is 0. The second-order valence-corrected chi connectivity index (χ2v) is 6.31. The lowest BCUT2D eigenvalue weighted by Gasteiger charge is -2.08. The molecule has 0 bridgehead atoms. The quantitative estimate of drug-likeness (QED) is 0.653. The van der Waals surface area contributed by atoms with Gasteiger partial charge >= 0.3 is 0 Å². The van der Waals surface area contributed by atoms with Crippen LogP contribution in [0, 0.1) is 0 Å². The zero-order valence-electron chi connectivity index (χ0n) is 14.0. The predicted octanol–water partition coefficient (Wildman–Crippen LogP) is 4.00. The molecule has 0 aliphatic rings. The molecule has 0 spiro atoms. The maximum Gasteiger partial charge on any atom is 0.251 e. The molecule has 0 aromatic heterocycles. The van der Waals surface area contributed by atoms with Gasteiger partial charge in [-0.15, -0.1) is 0 Å².